The first-order valence-corrected chi connectivity index (χ1v) is 9.64. The van der Waals surface area contributed by atoms with E-state index in [4.69, 9.17) is 4.74 Å². The number of ether oxygens (including phenoxy) is 1. The molecule has 0 saturated carbocycles. The second-order valence-corrected chi connectivity index (χ2v) is 7.49. The third-order valence-electron chi connectivity index (χ3n) is 5.29. The van der Waals surface area contributed by atoms with Crippen molar-refractivity contribution in [1.82, 2.24) is 19.7 Å². The molecule has 1 fully saturated rings. The topological polar surface area (TPSA) is 89.5 Å². The highest BCUT2D eigenvalue weighted by molar-refractivity contribution is 5.47. The second kappa shape index (κ2) is 7.94. The van der Waals surface area contributed by atoms with E-state index < -0.39 is 48.7 Å². The van der Waals surface area contributed by atoms with E-state index in [0.717, 1.165) is 4.57 Å². The van der Waals surface area contributed by atoms with Gasteiger partial charge in [0.25, 0.3) is 5.56 Å². The van der Waals surface area contributed by atoms with Crippen LogP contribution in [-0.2, 0) is 24.0 Å². The second-order valence-electron chi connectivity index (χ2n) is 7.49. The van der Waals surface area contributed by atoms with Crippen LogP contribution in [0.5, 0.6) is 0 Å². The zero-order chi connectivity index (χ0) is 23.3. The van der Waals surface area contributed by atoms with Crippen LogP contribution < -0.4 is 15.4 Å². The number of hydrogen-bond acceptors (Lipinski definition) is 8. The minimum Gasteiger partial charge on any atom is -0.415 e. The average Bonchev–Trinajstić information content (AvgIpc) is 3.17. The van der Waals surface area contributed by atoms with E-state index >= 15 is 0 Å². The maximum atomic E-state index is 13.8. The lowest BCUT2D eigenvalue weighted by molar-refractivity contribution is -0.158. The average molecular weight is 468 g/mol. The highest BCUT2D eigenvalue weighted by Crippen LogP contribution is 2.36. The van der Waals surface area contributed by atoms with Crippen molar-refractivity contribution >= 4 is 11.8 Å². The fourth-order valence-electron chi connectivity index (χ4n) is 3.77. The van der Waals surface area contributed by atoms with Crippen LogP contribution in [0.2, 0.25) is 0 Å². The number of morpholine rings is 1. The van der Waals surface area contributed by atoms with Crippen LogP contribution in [-0.4, -0.2) is 57.8 Å². The standard InChI is InChI=1S/C17H18F6N6O3/c1-9-8-31-5-4-27(9)11-6-13(30)28-3-2-10(16(18,19)20)29(15(28)24-11)7-12-25-26-14(32-12)17(21,22)23/h6,9-10H,2-5,7-8H2,1H3. The lowest BCUT2D eigenvalue weighted by Gasteiger charge is -2.39. The summed E-state index contributed by atoms with van der Waals surface area (Å²) in [5.41, 5.74) is -0.573. The number of fused-ring (bicyclic) bond motifs is 1. The van der Waals surface area contributed by atoms with Crippen LogP contribution in [0.3, 0.4) is 0 Å². The van der Waals surface area contributed by atoms with Crippen molar-refractivity contribution in [3.8, 4) is 0 Å². The number of anilines is 2. The van der Waals surface area contributed by atoms with Gasteiger partial charge in [-0.05, 0) is 13.3 Å². The largest absolute Gasteiger partial charge is 0.470 e. The molecule has 2 aliphatic rings. The number of rotatable bonds is 3. The van der Waals surface area contributed by atoms with Gasteiger partial charge in [-0.1, -0.05) is 0 Å². The molecule has 15 heteroatoms. The minimum atomic E-state index is -4.94. The van der Waals surface area contributed by atoms with E-state index in [2.05, 4.69) is 19.6 Å². The van der Waals surface area contributed by atoms with Crippen molar-refractivity contribution in [2.24, 2.45) is 0 Å². The van der Waals surface area contributed by atoms with Gasteiger partial charge >= 0.3 is 18.2 Å². The zero-order valence-corrected chi connectivity index (χ0v) is 16.7. The van der Waals surface area contributed by atoms with Crippen molar-refractivity contribution in [2.45, 2.75) is 50.9 Å². The molecule has 0 aliphatic carbocycles. The number of halogens is 6. The fraction of sp³-hybridized carbons (Fsp3) is 0.647. The van der Waals surface area contributed by atoms with Crippen LogP contribution in [0.15, 0.2) is 15.3 Å². The van der Waals surface area contributed by atoms with E-state index in [1.54, 1.807) is 4.90 Å². The summed E-state index contributed by atoms with van der Waals surface area (Å²) in [5, 5.41) is 6.08. The van der Waals surface area contributed by atoms with Gasteiger partial charge in [0.05, 0.1) is 25.8 Å². The van der Waals surface area contributed by atoms with Crippen LogP contribution in [0.1, 0.15) is 25.1 Å². The summed E-state index contributed by atoms with van der Waals surface area (Å²) < 4.78 is 90.5. The van der Waals surface area contributed by atoms with Crippen LogP contribution >= 0.6 is 0 Å². The Balaban J connectivity index is 1.76. The predicted molar refractivity (Wildman–Crippen MR) is 96.1 cm³/mol. The highest BCUT2D eigenvalue weighted by Gasteiger charge is 2.48. The molecule has 4 heterocycles. The lowest BCUT2D eigenvalue weighted by Crippen LogP contribution is -2.52. The molecule has 0 aromatic carbocycles. The predicted octanol–water partition coefficient (Wildman–Crippen LogP) is 2.21. The lowest BCUT2D eigenvalue weighted by atomic mass is 10.1. The Labute approximate surface area is 176 Å². The molecule has 4 rings (SSSR count). The zero-order valence-electron chi connectivity index (χ0n) is 16.7. The van der Waals surface area contributed by atoms with Crippen molar-refractivity contribution in [1.29, 1.82) is 0 Å². The number of alkyl halides is 6. The van der Waals surface area contributed by atoms with Gasteiger partial charge in [0.2, 0.25) is 11.8 Å². The molecule has 0 bridgehead atoms. The fourth-order valence-corrected chi connectivity index (χ4v) is 3.77. The summed E-state index contributed by atoms with van der Waals surface area (Å²) >= 11 is 0. The summed E-state index contributed by atoms with van der Waals surface area (Å²) in [6.07, 6.45) is -10.2. The Kier molecular flexibility index (Phi) is 5.55. The summed E-state index contributed by atoms with van der Waals surface area (Å²) in [5.74, 6) is -2.52. The summed E-state index contributed by atoms with van der Waals surface area (Å²) in [6, 6.07) is -1.06. The molecule has 32 heavy (non-hydrogen) atoms. The molecule has 0 N–H and O–H groups in total. The first-order chi connectivity index (χ1) is 14.9. The number of nitrogens with zero attached hydrogens (tertiary/aromatic N) is 6. The third-order valence-corrected chi connectivity index (χ3v) is 5.29. The van der Waals surface area contributed by atoms with E-state index in [1.165, 1.54) is 6.07 Å². The maximum absolute atomic E-state index is 13.8. The number of hydrogen-bond donors (Lipinski definition) is 0. The SMILES string of the molecule is CC1COCCN1c1cc(=O)n2c(n1)N(Cc1nnc(C(F)(F)F)o1)C(C(F)(F)F)CC2. The first kappa shape index (κ1) is 22.4. The van der Waals surface area contributed by atoms with E-state index in [-0.39, 0.29) is 24.4 Å². The van der Waals surface area contributed by atoms with Crippen molar-refractivity contribution < 1.29 is 35.5 Å². The number of aromatic nitrogens is 4. The first-order valence-electron chi connectivity index (χ1n) is 9.64. The third kappa shape index (κ3) is 4.25. The van der Waals surface area contributed by atoms with Crippen LogP contribution in [0.4, 0.5) is 38.1 Å². The van der Waals surface area contributed by atoms with Crippen LogP contribution in [0, 0.1) is 0 Å². The summed E-state index contributed by atoms with van der Waals surface area (Å²) in [4.78, 5) is 19.4. The monoisotopic (exact) mass is 468 g/mol. The van der Waals surface area contributed by atoms with E-state index in [9.17, 15) is 31.1 Å². The Morgan fingerprint density at radius 3 is 2.53 bits per heavy atom. The molecule has 0 radical (unpaired) electrons. The van der Waals surface area contributed by atoms with E-state index in [0.29, 0.717) is 24.7 Å². The molecule has 2 aliphatic heterocycles. The van der Waals surface area contributed by atoms with Gasteiger partial charge in [-0.25, -0.2) is 0 Å². The molecule has 2 atom stereocenters. The Morgan fingerprint density at radius 1 is 1.16 bits per heavy atom. The van der Waals surface area contributed by atoms with Crippen LogP contribution in [0.25, 0.3) is 0 Å². The quantitative estimate of drug-likeness (QED) is 0.634. The Hall–Kier alpha value is -2.84. The molecule has 1 saturated heterocycles. The molecule has 0 spiro atoms. The van der Waals surface area contributed by atoms with Gasteiger partial charge < -0.3 is 19.0 Å². The van der Waals surface area contributed by atoms with Gasteiger partial charge in [0, 0.05) is 19.2 Å². The molecular formula is C17H18F6N6O3. The van der Waals surface area contributed by atoms with Gasteiger partial charge in [0.1, 0.15) is 11.9 Å². The normalized spacial score (nSPS) is 22.2. The van der Waals surface area contributed by atoms with Gasteiger partial charge in [-0.2, -0.15) is 31.3 Å². The van der Waals surface area contributed by atoms with Crippen molar-refractivity contribution in [3.05, 3.63) is 28.2 Å². The van der Waals surface area contributed by atoms with Crippen molar-refractivity contribution in [3.63, 3.8) is 0 Å². The van der Waals surface area contributed by atoms with Crippen molar-refractivity contribution in [2.75, 3.05) is 29.6 Å². The van der Waals surface area contributed by atoms with E-state index in [1.807, 2.05) is 6.92 Å². The Bertz CT molecular complexity index is 1040. The van der Waals surface area contributed by atoms with Gasteiger partial charge in [-0.15, -0.1) is 10.2 Å². The summed E-state index contributed by atoms with van der Waals surface area (Å²) in [7, 11) is 0. The molecule has 2 unspecified atom stereocenters. The summed E-state index contributed by atoms with van der Waals surface area (Å²) in [6.45, 7) is 1.82. The maximum Gasteiger partial charge on any atom is 0.470 e. The Morgan fingerprint density at radius 2 is 1.91 bits per heavy atom. The molecule has 2 aromatic rings. The molecule has 176 valence electrons. The molecule has 0 amide bonds. The van der Waals surface area contributed by atoms with Gasteiger partial charge in [-0.3, -0.25) is 9.36 Å². The smallest absolute Gasteiger partial charge is 0.415 e. The molecule has 2 aromatic heterocycles. The minimum absolute atomic E-state index is 0.159. The molecular weight excluding hydrogens is 450 g/mol. The molecule has 9 nitrogen and oxygen atoms in total. The highest BCUT2D eigenvalue weighted by atomic mass is 19.4. The van der Waals surface area contributed by atoms with Gasteiger partial charge in [0.15, 0.2) is 0 Å².